The van der Waals surface area contributed by atoms with Gasteiger partial charge in [-0.3, -0.25) is 4.84 Å². The van der Waals surface area contributed by atoms with Crippen LogP contribution in [0.15, 0.2) is 24.3 Å². The van der Waals surface area contributed by atoms with Crippen LogP contribution < -0.4 is 5.32 Å². The molecule has 88 valence electrons. The molecule has 1 aromatic rings. The molecule has 5 heteroatoms. The van der Waals surface area contributed by atoms with Gasteiger partial charge in [-0.25, -0.2) is 9.86 Å². The van der Waals surface area contributed by atoms with Crippen molar-refractivity contribution in [2.75, 3.05) is 18.5 Å². The van der Waals surface area contributed by atoms with E-state index in [1.165, 1.54) is 5.06 Å². The summed E-state index contributed by atoms with van der Waals surface area (Å²) in [6.07, 6.45) is 1.95. The fourth-order valence-corrected chi connectivity index (χ4v) is 1.57. The number of nitriles is 1. The van der Waals surface area contributed by atoms with Crippen LogP contribution in [0.3, 0.4) is 0 Å². The minimum Gasteiger partial charge on any atom is -0.306 e. The van der Waals surface area contributed by atoms with Crippen molar-refractivity contribution in [2.45, 2.75) is 12.8 Å². The molecule has 2 rings (SSSR count). The summed E-state index contributed by atoms with van der Waals surface area (Å²) in [5.74, 6) is 0. The quantitative estimate of drug-likeness (QED) is 0.805. The van der Waals surface area contributed by atoms with E-state index in [-0.39, 0.29) is 6.03 Å². The first-order valence-electron chi connectivity index (χ1n) is 5.51. The summed E-state index contributed by atoms with van der Waals surface area (Å²) in [4.78, 5) is 17.0. The van der Waals surface area contributed by atoms with Crippen LogP contribution in [0.2, 0.25) is 0 Å². The predicted octanol–water partition coefficient (Wildman–Crippen LogP) is 2.12. The van der Waals surface area contributed by atoms with Gasteiger partial charge in [-0.15, -0.1) is 0 Å². The van der Waals surface area contributed by atoms with E-state index in [1.54, 1.807) is 24.3 Å². The first kappa shape index (κ1) is 11.4. The maximum atomic E-state index is 11.7. The molecule has 1 aliphatic rings. The number of hydroxylamine groups is 2. The van der Waals surface area contributed by atoms with Gasteiger partial charge in [-0.2, -0.15) is 5.26 Å². The van der Waals surface area contributed by atoms with Crippen molar-refractivity contribution in [3.8, 4) is 6.07 Å². The Morgan fingerprint density at radius 1 is 1.35 bits per heavy atom. The lowest BCUT2D eigenvalue weighted by molar-refractivity contribution is -0.135. The first-order chi connectivity index (χ1) is 8.29. The van der Waals surface area contributed by atoms with Crippen molar-refractivity contribution in [1.29, 1.82) is 5.26 Å². The van der Waals surface area contributed by atoms with Crippen molar-refractivity contribution < 1.29 is 9.63 Å². The fourth-order valence-electron chi connectivity index (χ4n) is 1.57. The van der Waals surface area contributed by atoms with E-state index in [4.69, 9.17) is 10.1 Å². The number of hydrogen-bond acceptors (Lipinski definition) is 3. The summed E-state index contributed by atoms with van der Waals surface area (Å²) in [6.45, 7) is 1.20. The number of hydrogen-bond donors (Lipinski definition) is 1. The summed E-state index contributed by atoms with van der Waals surface area (Å²) in [5.41, 5.74) is 1.22. The number of nitrogens with one attached hydrogen (secondary N) is 1. The third-order valence-electron chi connectivity index (χ3n) is 2.49. The largest absolute Gasteiger partial charge is 0.345 e. The van der Waals surface area contributed by atoms with Crippen LogP contribution in [0.1, 0.15) is 18.4 Å². The molecule has 0 aliphatic carbocycles. The molecule has 2 amide bonds. The SMILES string of the molecule is N#Cc1ccc(NC(=O)N2CCCCO2)cc1. The molecule has 1 fully saturated rings. The van der Waals surface area contributed by atoms with Gasteiger partial charge in [0.15, 0.2) is 0 Å². The molecule has 1 N–H and O–H groups in total. The number of rotatable bonds is 1. The Morgan fingerprint density at radius 2 is 2.12 bits per heavy atom. The van der Waals surface area contributed by atoms with Gasteiger partial charge < -0.3 is 5.32 Å². The molecule has 0 atom stereocenters. The Balaban J connectivity index is 1.95. The van der Waals surface area contributed by atoms with Crippen LogP contribution in [0, 0.1) is 11.3 Å². The summed E-state index contributed by atoms with van der Waals surface area (Å²) >= 11 is 0. The second-order valence-electron chi connectivity index (χ2n) is 3.76. The summed E-state index contributed by atoms with van der Waals surface area (Å²) < 4.78 is 0. The lowest BCUT2D eigenvalue weighted by atomic mass is 10.2. The molecular formula is C12H13N3O2. The van der Waals surface area contributed by atoms with Crippen molar-refractivity contribution in [1.82, 2.24) is 5.06 Å². The summed E-state index contributed by atoms with van der Waals surface area (Å²) in [6, 6.07) is 8.46. The molecule has 1 aliphatic heterocycles. The van der Waals surface area contributed by atoms with E-state index < -0.39 is 0 Å². The molecule has 1 aromatic carbocycles. The molecule has 0 bridgehead atoms. The average molecular weight is 231 g/mol. The number of benzene rings is 1. The lowest BCUT2D eigenvalue weighted by Crippen LogP contribution is -2.38. The maximum absolute atomic E-state index is 11.7. The highest BCUT2D eigenvalue weighted by Gasteiger charge is 2.17. The van der Waals surface area contributed by atoms with E-state index >= 15 is 0 Å². The fraction of sp³-hybridized carbons (Fsp3) is 0.333. The second-order valence-corrected chi connectivity index (χ2v) is 3.76. The van der Waals surface area contributed by atoms with Gasteiger partial charge >= 0.3 is 6.03 Å². The van der Waals surface area contributed by atoms with Gasteiger partial charge in [0.1, 0.15) is 0 Å². The highest BCUT2D eigenvalue weighted by molar-refractivity contribution is 5.88. The van der Waals surface area contributed by atoms with Gasteiger partial charge in [-0.1, -0.05) is 0 Å². The smallest absolute Gasteiger partial charge is 0.306 e. The van der Waals surface area contributed by atoms with E-state index in [0.717, 1.165) is 12.8 Å². The Hall–Kier alpha value is -2.06. The minimum absolute atomic E-state index is 0.269. The Morgan fingerprint density at radius 3 is 2.71 bits per heavy atom. The zero-order valence-electron chi connectivity index (χ0n) is 9.35. The molecule has 0 radical (unpaired) electrons. The highest BCUT2D eigenvalue weighted by atomic mass is 16.7. The van der Waals surface area contributed by atoms with Crippen LogP contribution >= 0.6 is 0 Å². The molecule has 0 unspecified atom stereocenters. The molecule has 1 heterocycles. The zero-order chi connectivity index (χ0) is 12.1. The predicted molar refractivity (Wildman–Crippen MR) is 62.1 cm³/mol. The number of urea groups is 1. The van der Waals surface area contributed by atoms with E-state index in [9.17, 15) is 4.79 Å². The van der Waals surface area contributed by atoms with Crippen molar-refractivity contribution in [2.24, 2.45) is 0 Å². The second kappa shape index (κ2) is 5.32. The Labute approximate surface area is 99.5 Å². The summed E-state index contributed by atoms with van der Waals surface area (Å²) in [7, 11) is 0. The standard InChI is InChI=1S/C12H13N3O2/c13-9-10-3-5-11(6-4-10)14-12(16)15-7-1-2-8-17-15/h3-6H,1-2,7-8H2,(H,14,16). The van der Waals surface area contributed by atoms with Crippen molar-refractivity contribution in [3.63, 3.8) is 0 Å². The number of carbonyl (C=O) groups excluding carboxylic acids is 1. The van der Waals surface area contributed by atoms with E-state index in [2.05, 4.69) is 5.32 Å². The van der Waals surface area contributed by atoms with Gasteiger partial charge in [0.2, 0.25) is 0 Å². The van der Waals surface area contributed by atoms with Crippen LogP contribution in [0.4, 0.5) is 10.5 Å². The van der Waals surface area contributed by atoms with Crippen LogP contribution in [-0.4, -0.2) is 24.2 Å². The maximum Gasteiger partial charge on any atom is 0.345 e. The molecule has 5 nitrogen and oxygen atoms in total. The van der Waals surface area contributed by atoms with Crippen LogP contribution in [0.25, 0.3) is 0 Å². The third kappa shape index (κ3) is 2.95. The van der Waals surface area contributed by atoms with Crippen molar-refractivity contribution in [3.05, 3.63) is 29.8 Å². The highest BCUT2D eigenvalue weighted by Crippen LogP contribution is 2.12. The molecule has 0 saturated carbocycles. The van der Waals surface area contributed by atoms with Gasteiger partial charge in [-0.05, 0) is 37.1 Å². The third-order valence-corrected chi connectivity index (χ3v) is 2.49. The Bertz CT molecular complexity index is 430. The number of nitrogens with zero attached hydrogens (tertiary/aromatic N) is 2. The van der Waals surface area contributed by atoms with E-state index in [0.29, 0.717) is 24.4 Å². The lowest BCUT2D eigenvalue weighted by Gasteiger charge is -2.25. The van der Waals surface area contributed by atoms with Crippen LogP contribution in [0.5, 0.6) is 0 Å². The molecular weight excluding hydrogens is 218 g/mol. The number of anilines is 1. The van der Waals surface area contributed by atoms with Crippen LogP contribution in [-0.2, 0) is 4.84 Å². The monoisotopic (exact) mass is 231 g/mol. The van der Waals surface area contributed by atoms with E-state index in [1.807, 2.05) is 6.07 Å². The van der Waals surface area contributed by atoms with Crippen molar-refractivity contribution >= 4 is 11.7 Å². The normalized spacial score (nSPS) is 15.1. The number of carbonyl (C=O) groups is 1. The summed E-state index contributed by atoms with van der Waals surface area (Å²) in [5, 5.41) is 12.7. The topological polar surface area (TPSA) is 65.4 Å². The molecule has 0 aromatic heterocycles. The average Bonchev–Trinajstić information content (AvgIpc) is 2.40. The molecule has 1 saturated heterocycles. The molecule has 17 heavy (non-hydrogen) atoms. The minimum atomic E-state index is -0.269. The molecule has 0 spiro atoms. The van der Waals surface area contributed by atoms with Gasteiger partial charge in [0, 0.05) is 5.69 Å². The zero-order valence-corrected chi connectivity index (χ0v) is 9.35. The number of amides is 2. The first-order valence-corrected chi connectivity index (χ1v) is 5.51. The van der Waals surface area contributed by atoms with Gasteiger partial charge in [0.05, 0.1) is 24.8 Å². The van der Waals surface area contributed by atoms with Gasteiger partial charge in [0.25, 0.3) is 0 Å². The Kier molecular flexibility index (Phi) is 3.58.